The Morgan fingerprint density at radius 1 is 1.20 bits per heavy atom. The second-order valence-electron chi connectivity index (χ2n) is 9.68. The van der Waals surface area contributed by atoms with E-state index in [-0.39, 0.29) is 41.1 Å². The number of phenols is 1. The molecule has 6 nitrogen and oxygen atoms in total. The zero-order chi connectivity index (χ0) is 22.3. The zero-order valence-electron chi connectivity index (χ0n) is 18.5. The summed E-state index contributed by atoms with van der Waals surface area (Å²) in [6, 6.07) is 4.42. The van der Waals surface area contributed by atoms with Crippen LogP contribution in [0.15, 0.2) is 30.4 Å². The number of hydrogen-bond donors (Lipinski definition) is 3. The van der Waals surface area contributed by atoms with Crippen molar-refractivity contribution >= 4 is 5.78 Å². The number of methoxy groups -OCH3 is 1. The molecule has 0 aliphatic heterocycles. The summed E-state index contributed by atoms with van der Waals surface area (Å²) in [7, 11) is 1.42. The van der Waals surface area contributed by atoms with Crippen LogP contribution in [0.3, 0.4) is 0 Å². The number of benzene rings is 1. The number of fused-ring (bicyclic) bond motifs is 1. The monoisotopic (exact) mass is 418 g/mol. The Kier molecular flexibility index (Phi) is 6.07. The quantitative estimate of drug-likeness (QED) is 0.483. The van der Waals surface area contributed by atoms with Crippen molar-refractivity contribution in [2.45, 2.75) is 64.3 Å². The van der Waals surface area contributed by atoms with Crippen molar-refractivity contribution < 1.29 is 29.6 Å². The van der Waals surface area contributed by atoms with Crippen LogP contribution in [-0.4, -0.2) is 52.1 Å². The van der Waals surface area contributed by atoms with E-state index in [1.54, 1.807) is 6.92 Å². The van der Waals surface area contributed by atoms with Crippen molar-refractivity contribution in [2.24, 2.45) is 17.3 Å². The number of carbonyl (C=O) groups excluding carboxylic acids is 1. The molecule has 0 radical (unpaired) electrons. The van der Waals surface area contributed by atoms with Gasteiger partial charge in [-0.2, -0.15) is 0 Å². The van der Waals surface area contributed by atoms with Crippen molar-refractivity contribution in [3.8, 4) is 11.5 Å². The van der Waals surface area contributed by atoms with Gasteiger partial charge in [-0.1, -0.05) is 32.9 Å². The van der Waals surface area contributed by atoms with Gasteiger partial charge in [0.15, 0.2) is 17.3 Å². The summed E-state index contributed by atoms with van der Waals surface area (Å²) in [5.74, 6) is -0.288. The molecule has 0 heterocycles. The Labute approximate surface area is 178 Å². The van der Waals surface area contributed by atoms with Crippen molar-refractivity contribution in [3.63, 3.8) is 0 Å². The van der Waals surface area contributed by atoms with Gasteiger partial charge in [-0.3, -0.25) is 4.79 Å². The molecular weight excluding hydrogens is 384 g/mol. The largest absolute Gasteiger partial charge is 0.504 e. The second-order valence-corrected chi connectivity index (χ2v) is 9.68. The average Bonchev–Trinajstić information content (AvgIpc) is 2.90. The smallest absolute Gasteiger partial charge is 0.188 e. The molecule has 0 bridgehead atoms. The van der Waals surface area contributed by atoms with Crippen molar-refractivity contribution in [2.75, 3.05) is 13.7 Å². The Bertz CT molecular complexity index is 829. The van der Waals surface area contributed by atoms with Crippen LogP contribution in [0.4, 0.5) is 0 Å². The van der Waals surface area contributed by atoms with E-state index in [0.717, 1.165) is 6.42 Å². The van der Waals surface area contributed by atoms with Gasteiger partial charge in [0.05, 0.1) is 24.4 Å². The molecule has 2 aliphatic carbocycles. The molecule has 6 heteroatoms. The van der Waals surface area contributed by atoms with E-state index in [1.807, 2.05) is 26.0 Å². The summed E-state index contributed by atoms with van der Waals surface area (Å²) in [6.45, 7) is 7.65. The minimum Gasteiger partial charge on any atom is -0.504 e. The van der Waals surface area contributed by atoms with Crippen LogP contribution in [-0.2, 0) is 4.74 Å². The maximum Gasteiger partial charge on any atom is 0.188 e. The van der Waals surface area contributed by atoms with E-state index in [4.69, 9.17) is 9.47 Å². The van der Waals surface area contributed by atoms with E-state index in [2.05, 4.69) is 6.92 Å². The second kappa shape index (κ2) is 7.98. The predicted molar refractivity (Wildman–Crippen MR) is 114 cm³/mol. The number of Topliss-reactive ketones (excluding diaryl/α,β-unsaturated/α-hetero) is 1. The SMILES string of the molecule is COc1cc(C(=O)CO[C@H]2C[C@](C)(O)C=C[C@@]3(C)CC[C@@](O)(C(C)C)[C@H]23)ccc1O. The molecule has 3 N–H and O–H groups in total. The molecule has 5 atom stereocenters. The molecule has 0 saturated heterocycles. The first-order valence-corrected chi connectivity index (χ1v) is 10.6. The fourth-order valence-electron chi connectivity index (χ4n) is 5.17. The standard InChI is InChI=1S/C24H34O6/c1-15(2)24(28)11-9-22(3)8-10-23(4,27)13-20(21(22)24)30-14-18(26)16-6-7-17(25)19(12-16)29-5/h6-8,10,12,15,20-21,25,27-28H,9,11,13-14H2,1-5H3/t20-,21+,22-,23+,24+/m0/s1. The van der Waals surface area contributed by atoms with Gasteiger partial charge in [0.2, 0.25) is 0 Å². The number of aliphatic hydroxyl groups is 2. The fourth-order valence-corrected chi connectivity index (χ4v) is 5.17. The van der Waals surface area contributed by atoms with Gasteiger partial charge in [0.25, 0.3) is 0 Å². The molecular formula is C24H34O6. The van der Waals surface area contributed by atoms with Gasteiger partial charge < -0.3 is 24.8 Å². The number of ether oxygens (including phenoxy) is 2. The Balaban J connectivity index is 1.86. The van der Waals surface area contributed by atoms with Crippen molar-refractivity contribution in [3.05, 3.63) is 35.9 Å². The summed E-state index contributed by atoms with van der Waals surface area (Å²) < 4.78 is 11.2. The third-order valence-corrected chi connectivity index (χ3v) is 7.05. The van der Waals surface area contributed by atoms with Crippen LogP contribution in [0, 0.1) is 17.3 Å². The molecule has 30 heavy (non-hydrogen) atoms. The maximum atomic E-state index is 12.8. The first kappa shape index (κ1) is 22.8. The van der Waals surface area contributed by atoms with Crippen molar-refractivity contribution in [1.29, 1.82) is 0 Å². The zero-order valence-corrected chi connectivity index (χ0v) is 18.5. The van der Waals surface area contributed by atoms with Gasteiger partial charge in [-0.05, 0) is 49.3 Å². The topological polar surface area (TPSA) is 96.2 Å². The molecule has 2 aliphatic rings. The molecule has 0 spiro atoms. The van der Waals surface area contributed by atoms with E-state index < -0.39 is 17.3 Å². The van der Waals surface area contributed by atoms with Crippen LogP contribution in [0.1, 0.15) is 57.3 Å². The maximum absolute atomic E-state index is 12.8. The number of allylic oxidation sites excluding steroid dienone is 1. The van der Waals surface area contributed by atoms with Gasteiger partial charge in [-0.25, -0.2) is 0 Å². The summed E-state index contributed by atoms with van der Waals surface area (Å²) in [5.41, 5.74) is -1.97. The Hall–Kier alpha value is -1.89. The minimum atomic E-state index is -1.08. The lowest BCUT2D eigenvalue weighted by Gasteiger charge is -2.43. The van der Waals surface area contributed by atoms with Gasteiger partial charge >= 0.3 is 0 Å². The number of aromatic hydroxyl groups is 1. The van der Waals surface area contributed by atoms with Gasteiger partial charge in [-0.15, -0.1) is 0 Å². The molecule has 1 aromatic rings. The highest BCUT2D eigenvalue weighted by Gasteiger charge is 2.59. The van der Waals surface area contributed by atoms with Gasteiger partial charge in [0, 0.05) is 17.9 Å². The Morgan fingerprint density at radius 3 is 2.53 bits per heavy atom. The van der Waals surface area contributed by atoms with E-state index >= 15 is 0 Å². The lowest BCUT2D eigenvalue weighted by Crippen LogP contribution is -2.50. The van der Waals surface area contributed by atoms with E-state index in [0.29, 0.717) is 18.4 Å². The number of hydrogen-bond acceptors (Lipinski definition) is 6. The number of ketones is 1. The molecule has 1 fully saturated rings. The molecule has 3 rings (SSSR count). The first-order valence-electron chi connectivity index (χ1n) is 10.6. The van der Waals surface area contributed by atoms with Gasteiger partial charge in [0.1, 0.15) is 6.61 Å². The lowest BCUT2D eigenvalue weighted by atomic mass is 9.68. The minimum absolute atomic E-state index is 0.0175. The van der Waals surface area contributed by atoms with Crippen LogP contribution in [0.5, 0.6) is 11.5 Å². The number of phenolic OH excluding ortho intramolecular Hbond substituents is 1. The normalized spacial score (nSPS) is 35.9. The molecule has 0 unspecified atom stereocenters. The lowest BCUT2D eigenvalue weighted by molar-refractivity contribution is -0.129. The van der Waals surface area contributed by atoms with E-state index in [9.17, 15) is 20.1 Å². The summed E-state index contributed by atoms with van der Waals surface area (Å²) in [5, 5.41) is 32.1. The van der Waals surface area contributed by atoms with Crippen LogP contribution < -0.4 is 4.74 Å². The molecule has 0 amide bonds. The average molecular weight is 419 g/mol. The predicted octanol–water partition coefficient (Wildman–Crippen LogP) is 3.48. The number of carbonyl (C=O) groups is 1. The molecule has 1 saturated carbocycles. The summed E-state index contributed by atoms with van der Waals surface area (Å²) in [6.07, 6.45) is 5.09. The van der Waals surface area contributed by atoms with Crippen LogP contribution in [0.2, 0.25) is 0 Å². The first-order chi connectivity index (χ1) is 13.9. The highest BCUT2D eigenvalue weighted by molar-refractivity contribution is 5.97. The third-order valence-electron chi connectivity index (χ3n) is 7.05. The highest BCUT2D eigenvalue weighted by Crippen LogP contribution is 2.57. The van der Waals surface area contributed by atoms with E-state index in [1.165, 1.54) is 25.3 Å². The number of rotatable bonds is 6. The van der Waals surface area contributed by atoms with Crippen LogP contribution >= 0.6 is 0 Å². The molecule has 1 aromatic carbocycles. The Morgan fingerprint density at radius 2 is 1.90 bits per heavy atom. The molecule has 166 valence electrons. The molecule has 0 aromatic heterocycles. The third kappa shape index (κ3) is 4.13. The summed E-state index contributed by atoms with van der Waals surface area (Å²) >= 11 is 0. The highest BCUT2D eigenvalue weighted by atomic mass is 16.5. The fraction of sp³-hybridized carbons (Fsp3) is 0.625. The summed E-state index contributed by atoms with van der Waals surface area (Å²) in [4.78, 5) is 12.8. The van der Waals surface area contributed by atoms with Crippen LogP contribution in [0.25, 0.3) is 0 Å². The van der Waals surface area contributed by atoms with Crippen molar-refractivity contribution in [1.82, 2.24) is 0 Å².